The number of nitrogens with one attached hydrogen (secondary N) is 1. The molecule has 0 aliphatic carbocycles. The first kappa shape index (κ1) is 13.0. The Labute approximate surface area is 105 Å². The first-order chi connectivity index (χ1) is 8.38. The summed E-state index contributed by atoms with van der Waals surface area (Å²) >= 11 is 0. The third-order valence-corrected chi connectivity index (χ3v) is 3.42. The Morgan fingerprint density at radius 3 is 2.67 bits per heavy atom. The van der Waals surface area contributed by atoms with Crippen LogP contribution in [-0.4, -0.2) is 33.2 Å². The van der Waals surface area contributed by atoms with Crippen LogP contribution in [0.25, 0.3) is 0 Å². The second-order valence-corrected chi connectivity index (χ2v) is 5.95. The van der Waals surface area contributed by atoms with E-state index < -0.39 is 27.8 Å². The summed E-state index contributed by atoms with van der Waals surface area (Å²) in [7, 11) is -3.45. The Morgan fingerprint density at radius 2 is 2.06 bits per heavy atom. The van der Waals surface area contributed by atoms with Crippen LogP contribution in [0.1, 0.15) is 6.42 Å². The number of rotatable bonds is 3. The van der Waals surface area contributed by atoms with Crippen LogP contribution in [0, 0.1) is 5.82 Å². The highest BCUT2D eigenvalue weighted by Gasteiger charge is 2.35. The Balaban J connectivity index is 2.20. The fourth-order valence-electron chi connectivity index (χ4n) is 1.96. The molecule has 1 aromatic carbocycles. The topological polar surface area (TPSA) is 66.5 Å². The Bertz CT molecular complexity index is 573. The molecule has 0 bridgehead atoms. The van der Waals surface area contributed by atoms with Crippen LogP contribution in [0.2, 0.25) is 0 Å². The zero-order valence-electron chi connectivity index (χ0n) is 9.76. The maximum Gasteiger partial charge on any atom is 0.245 e. The Hall–Kier alpha value is -1.47. The lowest BCUT2D eigenvalue weighted by Gasteiger charge is -2.17. The summed E-state index contributed by atoms with van der Waals surface area (Å²) in [6.45, 7) is 0.299. The van der Waals surface area contributed by atoms with Crippen molar-refractivity contribution in [2.45, 2.75) is 12.5 Å². The molecular formula is C11H13FN2O3S. The number of carbonyl (C=O) groups is 1. The van der Waals surface area contributed by atoms with Gasteiger partial charge in [-0.1, -0.05) is 12.1 Å². The molecule has 98 valence electrons. The third kappa shape index (κ3) is 2.68. The number of benzene rings is 1. The van der Waals surface area contributed by atoms with Crippen LogP contribution in [0.15, 0.2) is 24.3 Å². The van der Waals surface area contributed by atoms with Gasteiger partial charge in [0.25, 0.3) is 0 Å². The first-order valence-corrected chi connectivity index (χ1v) is 7.31. The molecule has 1 atom stereocenters. The minimum absolute atomic E-state index is 0.181. The molecule has 0 saturated carbocycles. The van der Waals surface area contributed by atoms with E-state index in [0.717, 1.165) is 6.26 Å². The van der Waals surface area contributed by atoms with Crippen LogP contribution in [0.3, 0.4) is 0 Å². The van der Waals surface area contributed by atoms with E-state index >= 15 is 0 Å². The van der Waals surface area contributed by atoms with Gasteiger partial charge in [-0.05, 0) is 18.6 Å². The van der Waals surface area contributed by atoms with Crippen molar-refractivity contribution in [1.82, 2.24) is 4.72 Å². The van der Waals surface area contributed by atoms with Gasteiger partial charge < -0.3 is 4.90 Å². The van der Waals surface area contributed by atoms with Crippen LogP contribution in [-0.2, 0) is 14.8 Å². The fraction of sp³-hybridized carbons (Fsp3) is 0.364. The summed E-state index contributed by atoms with van der Waals surface area (Å²) in [5, 5.41) is 0. The van der Waals surface area contributed by atoms with Gasteiger partial charge in [-0.25, -0.2) is 17.5 Å². The van der Waals surface area contributed by atoms with Crippen molar-refractivity contribution in [2.75, 3.05) is 17.7 Å². The zero-order valence-corrected chi connectivity index (χ0v) is 10.6. The molecule has 1 fully saturated rings. The van der Waals surface area contributed by atoms with Crippen molar-refractivity contribution < 1.29 is 17.6 Å². The van der Waals surface area contributed by atoms with E-state index in [0.29, 0.717) is 13.0 Å². The summed E-state index contributed by atoms with van der Waals surface area (Å²) in [6, 6.07) is 5.12. The SMILES string of the molecule is CS(=O)(=O)NC1CCN(c2ccccc2F)C1=O. The number of carbonyl (C=O) groups excluding carboxylic acids is 1. The minimum Gasteiger partial charge on any atom is -0.308 e. The van der Waals surface area contributed by atoms with Crippen LogP contribution < -0.4 is 9.62 Å². The van der Waals surface area contributed by atoms with Crippen molar-refractivity contribution in [3.8, 4) is 0 Å². The normalized spacial score (nSPS) is 20.4. The highest BCUT2D eigenvalue weighted by atomic mass is 32.2. The third-order valence-electron chi connectivity index (χ3n) is 2.71. The Kier molecular flexibility index (Phi) is 3.36. The molecule has 0 spiro atoms. The number of amides is 1. The van der Waals surface area contributed by atoms with Crippen molar-refractivity contribution in [2.24, 2.45) is 0 Å². The first-order valence-electron chi connectivity index (χ1n) is 5.42. The predicted molar refractivity (Wildman–Crippen MR) is 65.1 cm³/mol. The van der Waals surface area contributed by atoms with E-state index in [1.165, 1.54) is 23.1 Å². The molecule has 0 radical (unpaired) electrons. The fourth-order valence-corrected chi connectivity index (χ4v) is 2.69. The average molecular weight is 272 g/mol. The number of hydrogen-bond acceptors (Lipinski definition) is 3. The van der Waals surface area contributed by atoms with Gasteiger partial charge in [-0.3, -0.25) is 4.79 Å². The zero-order chi connectivity index (χ0) is 13.3. The second kappa shape index (κ2) is 4.66. The van der Waals surface area contributed by atoms with Gasteiger partial charge >= 0.3 is 0 Å². The molecule has 1 saturated heterocycles. The molecule has 1 aliphatic rings. The maximum absolute atomic E-state index is 13.5. The molecule has 1 heterocycles. The molecule has 18 heavy (non-hydrogen) atoms. The summed E-state index contributed by atoms with van der Waals surface area (Å²) in [5.41, 5.74) is 0.181. The van der Waals surface area contributed by atoms with Crippen LogP contribution >= 0.6 is 0 Å². The molecule has 0 aromatic heterocycles. The van der Waals surface area contributed by atoms with Gasteiger partial charge in [0.1, 0.15) is 11.9 Å². The van der Waals surface area contributed by atoms with Gasteiger partial charge in [0.2, 0.25) is 15.9 Å². The monoisotopic (exact) mass is 272 g/mol. The maximum atomic E-state index is 13.5. The van der Waals surface area contributed by atoms with Crippen molar-refractivity contribution in [1.29, 1.82) is 0 Å². The van der Waals surface area contributed by atoms with Crippen LogP contribution in [0.4, 0.5) is 10.1 Å². The lowest BCUT2D eigenvalue weighted by atomic mass is 10.2. The molecule has 2 rings (SSSR count). The molecule has 5 nitrogen and oxygen atoms in total. The lowest BCUT2D eigenvalue weighted by Crippen LogP contribution is -2.41. The minimum atomic E-state index is -3.45. The molecule has 1 amide bonds. The summed E-state index contributed by atoms with van der Waals surface area (Å²) < 4.78 is 38.0. The van der Waals surface area contributed by atoms with Gasteiger partial charge in [0, 0.05) is 6.54 Å². The molecule has 1 N–H and O–H groups in total. The largest absolute Gasteiger partial charge is 0.308 e. The van der Waals surface area contributed by atoms with E-state index in [2.05, 4.69) is 4.72 Å². The van der Waals surface area contributed by atoms with Crippen molar-refractivity contribution in [3.63, 3.8) is 0 Å². The molecule has 1 aromatic rings. The van der Waals surface area contributed by atoms with Gasteiger partial charge in [-0.2, -0.15) is 0 Å². The molecule has 1 unspecified atom stereocenters. The number of sulfonamides is 1. The highest BCUT2D eigenvalue weighted by Crippen LogP contribution is 2.24. The molecule has 7 heteroatoms. The number of anilines is 1. The summed E-state index contributed by atoms with van der Waals surface area (Å²) in [6.07, 6.45) is 1.33. The number of halogens is 1. The van der Waals surface area contributed by atoms with Crippen LogP contribution in [0.5, 0.6) is 0 Å². The molecular weight excluding hydrogens is 259 g/mol. The van der Waals surface area contributed by atoms with Crippen molar-refractivity contribution >= 4 is 21.6 Å². The second-order valence-electron chi connectivity index (χ2n) is 4.17. The number of nitrogens with zero attached hydrogens (tertiary/aromatic N) is 1. The Morgan fingerprint density at radius 1 is 1.39 bits per heavy atom. The lowest BCUT2D eigenvalue weighted by molar-refractivity contribution is -0.118. The van der Waals surface area contributed by atoms with E-state index in [9.17, 15) is 17.6 Å². The number of hydrogen-bond donors (Lipinski definition) is 1. The molecule has 1 aliphatic heterocycles. The highest BCUT2D eigenvalue weighted by molar-refractivity contribution is 7.88. The summed E-state index contributed by atoms with van der Waals surface area (Å²) in [4.78, 5) is 13.2. The van der Waals surface area contributed by atoms with E-state index in [-0.39, 0.29) is 5.69 Å². The predicted octanol–water partition coefficient (Wildman–Crippen LogP) is 0.480. The standard InChI is InChI=1S/C11H13FN2O3S/c1-18(16,17)13-9-6-7-14(11(9)15)10-5-3-2-4-8(10)12/h2-5,9,13H,6-7H2,1H3. The van der Waals surface area contributed by atoms with Crippen molar-refractivity contribution in [3.05, 3.63) is 30.1 Å². The van der Waals surface area contributed by atoms with E-state index in [1.807, 2.05) is 0 Å². The summed E-state index contributed by atoms with van der Waals surface area (Å²) in [5.74, 6) is -0.920. The van der Waals surface area contributed by atoms with Gasteiger partial charge in [-0.15, -0.1) is 0 Å². The van der Waals surface area contributed by atoms with E-state index in [1.54, 1.807) is 6.07 Å². The average Bonchev–Trinajstić information content (AvgIpc) is 2.59. The van der Waals surface area contributed by atoms with Gasteiger partial charge in [0.05, 0.1) is 11.9 Å². The van der Waals surface area contributed by atoms with E-state index in [4.69, 9.17) is 0 Å². The van der Waals surface area contributed by atoms with Gasteiger partial charge in [0.15, 0.2) is 0 Å². The quantitative estimate of drug-likeness (QED) is 0.870. The number of para-hydroxylation sites is 1. The smallest absolute Gasteiger partial charge is 0.245 e.